The number of fused-ring (bicyclic) bond motifs is 2. The first-order chi connectivity index (χ1) is 14.7. The molecule has 0 unspecified atom stereocenters. The number of carbonyl (C=O) groups is 2. The highest BCUT2D eigenvalue weighted by Crippen LogP contribution is 2.25. The smallest absolute Gasteiger partial charge is 0.262 e. The number of aromatic nitrogens is 1. The van der Waals surface area contributed by atoms with Gasteiger partial charge in [0.2, 0.25) is 5.91 Å². The number of rotatable bonds is 5. The van der Waals surface area contributed by atoms with Gasteiger partial charge in [-0.2, -0.15) is 0 Å². The fourth-order valence-electron chi connectivity index (χ4n) is 4.01. The van der Waals surface area contributed by atoms with E-state index >= 15 is 0 Å². The van der Waals surface area contributed by atoms with Crippen LogP contribution in [0.3, 0.4) is 0 Å². The van der Waals surface area contributed by atoms with E-state index in [1.165, 1.54) is 21.8 Å². The van der Waals surface area contributed by atoms with E-state index in [2.05, 4.69) is 21.7 Å². The molecular formula is C23H21N3O2S2. The molecule has 0 saturated carbocycles. The number of H-pyrrole nitrogens is 1. The molecule has 1 atom stereocenters. The third-order valence-corrected chi connectivity index (χ3v) is 7.46. The third-order valence-electron chi connectivity index (χ3n) is 5.57. The Kier molecular flexibility index (Phi) is 5.14. The van der Waals surface area contributed by atoms with Crippen molar-refractivity contribution >= 4 is 45.4 Å². The standard InChI is InChI=1S/C23H21N3O2S2/c27-22(21-6-3-10-29-21)25-19(12-16-13-24-18-5-2-1-4-17(16)18)23(28)26-9-7-20-15(14-26)8-11-30-20/h1-6,8,10-11,13,19,24H,7,9,12,14H2,(H,25,27)/t19-/m0/s1. The molecule has 152 valence electrons. The van der Waals surface area contributed by atoms with Crippen LogP contribution in [0.25, 0.3) is 10.9 Å². The Bertz CT molecular complexity index is 1190. The number of nitrogens with zero attached hydrogens (tertiary/aromatic N) is 1. The molecule has 5 rings (SSSR count). The summed E-state index contributed by atoms with van der Waals surface area (Å²) in [5, 5.41) is 8.04. The Labute approximate surface area is 182 Å². The van der Waals surface area contributed by atoms with E-state index in [1.807, 2.05) is 46.8 Å². The van der Waals surface area contributed by atoms with Crippen molar-refractivity contribution in [2.75, 3.05) is 6.54 Å². The lowest BCUT2D eigenvalue weighted by atomic mass is 10.0. The van der Waals surface area contributed by atoms with Gasteiger partial charge in [-0.15, -0.1) is 22.7 Å². The first-order valence-corrected chi connectivity index (χ1v) is 11.7. The topological polar surface area (TPSA) is 65.2 Å². The number of para-hydroxylation sites is 1. The van der Waals surface area contributed by atoms with E-state index < -0.39 is 6.04 Å². The molecule has 0 bridgehead atoms. The second-order valence-corrected chi connectivity index (χ2v) is 9.39. The lowest BCUT2D eigenvalue weighted by molar-refractivity contribution is -0.134. The lowest BCUT2D eigenvalue weighted by Crippen LogP contribution is -2.50. The van der Waals surface area contributed by atoms with Gasteiger partial charge in [0, 0.05) is 41.5 Å². The molecule has 30 heavy (non-hydrogen) atoms. The van der Waals surface area contributed by atoms with E-state index in [0.717, 1.165) is 22.9 Å². The first-order valence-electron chi connectivity index (χ1n) is 9.92. The van der Waals surface area contributed by atoms with Crippen molar-refractivity contribution in [3.05, 3.63) is 80.3 Å². The number of aromatic amines is 1. The van der Waals surface area contributed by atoms with Gasteiger partial charge in [-0.05, 0) is 46.5 Å². The number of thiophene rings is 2. The van der Waals surface area contributed by atoms with Crippen LogP contribution in [-0.4, -0.2) is 34.3 Å². The maximum Gasteiger partial charge on any atom is 0.262 e. The summed E-state index contributed by atoms with van der Waals surface area (Å²) in [6, 6.07) is 13.1. The minimum absolute atomic E-state index is 0.0259. The molecular weight excluding hydrogens is 414 g/mol. The molecule has 4 aromatic rings. The summed E-state index contributed by atoms with van der Waals surface area (Å²) in [5.74, 6) is -0.224. The second kappa shape index (κ2) is 8.08. The monoisotopic (exact) mass is 435 g/mol. The first kappa shape index (κ1) is 19.1. The van der Waals surface area contributed by atoms with Gasteiger partial charge >= 0.3 is 0 Å². The molecule has 1 aromatic carbocycles. The fraction of sp³-hybridized carbons (Fsp3) is 0.217. The summed E-state index contributed by atoms with van der Waals surface area (Å²) in [6.45, 7) is 1.29. The molecule has 2 amide bonds. The molecule has 0 saturated heterocycles. The van der Waals surface area contributed by atoms with Gasteiger partial charge in [0.1, 0.15) is 6.04 Å². The minimum Gasteiger partial charge on any atom is -0.361 e. The highest BCUT2D eigenvalue weighted by Gasteiger charge is 2.30. The average Bonchev–Trinajstić information content (AvgIpc) is 3.53. The molecule has 2 N–H and O–H groups in total. The summed E-state index contributed by atoms with van der Waals surface area (Å²) < 4.78 is 0. The predicted molar refractivity (Wildman–Crippen MR) is 121 cm³/mol. The molecule has 0 aliphatic carbocycles. The predicted octanol–water partition coefficient (Wildman–Crippen LogP) is 4.22. The van der Waals surface area contributed by atoms with Crippen LogP contribution >= 0.6 is 22.7 Å². The normalized spacial score (nSPS) is 14.5. The summed E-state index contributed by atoms with van der Waals surface area (Å²) >= 11 is 3.13. The summed E-state index contributed by atoms with van der Waals surface area (Å²) in [5.41, 5.74) is 3.28. The van der Waals surface area contributed by atoms with Crippen LogP contribution in [0, 0.1) is 0 Å². The van der Waals surface area contributed by atoms with Crippen molar-refractivity contribution in [3.63, 3.8) is 0 Å². The van der Waals surface area contributed by atoms with Gasteiger partial charge in [-0.25, -0.2) is 0 Å². The van der Waals surface area contributed by atoms with Crippen molar-refractivity contribution in [2.24, 2.45) is 0 Å². The average molecular weight is 436 g/mol. The Balaban J connectivity index is 1.41. The van der Waals surface area contributed by atoms with E-state index in [9.17, 15) is 9.59 Å². The number of nitrogens with one attached hydrogen (secondary N) is 2. The van der Waals surface area contributed by atoms with E-state index in [1.54, 1.807) is 17.4 Å². The Morgan fingerprint density at radius 1 is 1.10 bits per heavy atom. The maximum atomic E-state index is 13.5. The van der Waals surface area contributed by atoms with Crippen molar-refractivity contribution < 1.29 is 9.59 Å². The van der Waals surface area contributed by atoms with E-state index in [0.29, 0.717) is 24.4 Å². The van der Waals surface area contributed by atoms with Crippen LogP contribution in [0.1, 0.15) is 25.7 Å². The van der Waals surface area contributed by atoms with Crippen molar-refractivity contribution in [1.82, 2.24) is 15.2 Å². The SMILES string of the molecule is O=C(N[C@@H](Cc1c[nH]c2ccccc12)C(=O)N1CCc2sccc2C1)c1cccs1. The van der Waals surface area contributed by atoms with E-state index in [4.69, 9.17) is 0 Å². The van der Waals surface area contributed by atoms with Crippen molar-refractivity contribution in [1.29, 1.82) is 0 Å². The number of hydrogen-bond donors (Lipinski definition) is 2. The molecule has 0 spiro atoms. The highest BCUT2D eigenvalue weighted by molar-refractivity contribution is 7.12. The zero-order valence-electron chi connectivity index (χ0n) is 16.3. The largest absolute Gasteiger partial charge is 0.361 e. The number of amides is 2. The van der Waals surface area contributed by atoms with Crippen molar-refractivity contribution in [3.8, 4) is 0 Å². The lowest BCUT2D eigenvalue weighted by Gasteiger charge is -2.31. The van der Waals surface area contributed by atoms with Crippen molar-refractivity contribution in [2.45, 2.75) is 25.4 Å². The second-order valence-electron chi connectivity index (χ2n) is 7.45. The molecule has 3 aromatic heterocycles. The van der Waals surface area contributed by atoms with Crippen LogP contribution in [0.4, 0.5) is 0 Å². The van der Waals surface area contributed by atoms with Gasteiger partial charge in [0.05, 0.1) is 4.88 Å². The third kappa shape index (κ3) is 3.66. The fourth-order valence-corrected chi connectivity index (χ4v) is 5.53. The summed E-state index contributed by atoms with van der Waals surface area (Å²) in [4.78, 5) is 33.4. The molecule has 1 aliphatic rings. The Morgan fingerprint density at radius 2 is 2.00 bits per heavy atom. The number of benzene rings is 1. The van der Waals surface area contributed by atoms with Gasteiger partial charge in [0.25, 0.3) is 5.91 Å². The van der Waals surface area contributed by atoms with Crippen LogP contribution in [-0.2, 0) is 24.2 Å². The molecule has 7 heteroatoms. The summed E-state index contributed by atoms with van der Waals surface area (Å²) in [6.07, 6.45) is 3.26. The van der Waals surface area contributed by atoms with Crippen LogP contribution in [0.15, 0.2) is 59.4 Å². The zero-order valence-corrected chi connectivity index (χ0v) is 17.9. The summed E-state index contributed by atoms with van der Waals surface area (Å²) in [7, 11) is 0. The van der Waals surface area contributed by atoms with Gasteiger partial charge in [-0.1, -0.05) is 24.3 Å². The number of carbonyl (C=O) groups excluding carboxylic acids is 2. The molecule has 0 fully saturated rings. The maximum absolute atomic E-state index is 13.5. The molecule has 1 aliphatic heterocycles. The quantitative estimate of drug-likeness (QED) is 0.493. The van der Waals surface area contributed by atoms with Gasteiger partial charge < -0.3 is 15.2 Å². The Morgan fingerprint density at radius 3 is 2.87 bits per heavy atom. The van der Waals surface area contributed by atoms with Crippen LogP contribution < -0.4 is 5.32 Å². The molecule has 4 heterocycles. The van der Waals surface area contributed by atoms with Crippen LogP contribution in [0.5, 0.6) is 0 Å². The highest BCUT2D eigenvalue weighted by atomic mass is 32.1. The van der Waals surface area contributed by atoms with Gasteiger partial charge in [-0.3, -0.25) is 9.59 Å². The van der Waals surface area contributed by atoms with Gasteiger partial charge in [0.15, 0.2) is 0 Å². The van der Waals surface area contributed by atoms with Crippen LogP contribution in [0.2, 0.25) is 0 Å². The zero-order chi connectivity index (χ0) is 20.5. The van der Waals surface area contributed by atoms with E-state index in [-0.39, 0.29) is 11.8 Å². The molecule has 0 radical (unpaired) electrons. The molecule has 5 nitrogen and oxygen atoms in total. The Hall–Kier alpha value is -2.90. The minimum atomic E-state index is -0.612. The number of hydrogen-bond acceptors (Lipinski definition) is 4.